The first-order valence-electron chi connectivity index (χ1n) is 4.54. The van der Waals surface area contributed by atoms with Crippen LogP contribution in [-0.2, 0) is 14.6 Å². The molecular formula is C8H15NO4S. The highest BCUT2D eigenvalue weighted by Gasteiger charge is 2.30. The molecule has 6 heteroatoms. The van der Waals surface area contributed by atoms with Crippen LogP contribution < -0.4 is 0 Å². The molecule has 0 aliphatic carbocycles. The van der Waals surface area contributed by atoms with Gasteiger partial charge in [-0.3, -0.25) is 4.79 Å². The monoisotopic (exact) mass is 221 g/mol. The molecule has 0 amide bonds. The van der Waals surface area contributed by atoms with Gasteiger partial charge in [-0.05, 0) is 26.4 Å². The van der Waals surface area contributed by atoms with Gasteiger partial charge in [-0.15, -0.1) is 0 Å². The van der Waals surface area contributed by atoms with Crippen LogP contribution in [0.25, 0.3) is 0 Å². The second-order valence-corrected chi connectivity index (χ2v) is 6.01. The van der Waals surface area contributed by atoms with Crippen molar-refractivity contribution in [2.75, 3.05) is 25.9 Å². The van der Waals surface area contributed by atoms with Crippen LogP contribution in [0, 0.1) is 0 Å². The highest BCUT2D eigenvalue weighted by Crippen LogP contribution is 2.16. The van der Waals surface area contributed by atoms with Gasteiger partial charge in [-0.1, -0.05) is 0 Å². The van der Waals surface area contributed by atoms with E-state index in [0.29, 0.717) is 13.0 Å². The van der Waals surface area contributed by atoms with Crippen molar-refractivity contribution < 1.29 is 18.3 Å². The fourth-order valence-electron chi connectivity index (χ4n) is 1.70. The number of carbonyl (C=O) groups is 1. The van der Waals surface area contributed by atoms with Gasteiger partial charge in [0.2, 0.25) is 0 Å². The molecule has 1 atom stereocenters. The van der Waals surface area contributed by atoms with Crippen LogP contribution in [0.4, 0.5) is 0 Å². The van der Waals surface area contributed by atoms with Crippen LogP contribution >= 0.6 is 0 Å². The maximum Gasteiger partial charge on any atom is 0.318 e. The molecule has 82 valence electrons. The number of carboxylic acid groups (broad SMARTS) is 1. The molecule has 1 heterocycles. The lowest BCUT2D eigenvalue weighted by Gasteiger charge is -2.28. The van der Waals surface area contributed by atoms with E-state index in [-0.39, 0.29) is 0 Å². The SMILES string of the molecule is CN1CCCC(S(=O)(=O)CC(=O)O)C1. The van der Waals surface area contributed by atoms with E-state index in [0.717, 1.165) is 13.0 Å². The lowest BCUT2D eigenvalue weighted by Crippen LogP contribution is -2.41. The number of aliphatic carboxylic acids is 1. The van der Waals surface area contributed by atoms with Gasteiger partial charge >= 0.3 is 5.97 Å². The van der Waals surface area contributed by atoms with Crippen LogP contribution in [0.5, 0.6) is 0 Å². The third-order valence-electron chi connectivity index (χ3n) is 2.41. The Kier molecular flexibility index (Phi) is 3.49. The van der Waals surface area contributed by atoms with Crippen LogP contribution in [0.1, 0.15) is 12.8 Å². The van der Waals surface area contributed by atoms with Crippen molar-refractivity contribution in [3.05, 3.63) is 0 Å². The molecule has 0 radical (unpaired) electrons. The standard InChI is InChI=1S/C8H15NO4S/c1-9-4-2-3-7(5-9)14(12,13)6-8(10)11/h7H,2-6H2,1H3,(H,10,11). The Labute approximate surface area is 83.6 Å². The van der Waals surface area contributed by atoms with E-state index in [2.05, 4.69) is 0 Å². The highest BCUT2D eigenvalue weighted by atomic mass is 32.2. The molecule has 0 spiro atoms. The van der Waals surface area contributed by atoms with Gasteiger partial charge < -0.3 is 10.0 Å². The molecule has 0 bridgehead atoms. The minimum absolute atomic E-state index is 0.454. The van der Waals surface area contributed by atoms with Crippen molar-refractivity contribution in [2.24, 2.45) is 0 Å². The largest absolute Gasteiger partial charge is 0.480 e. The first kappa shape index (κ1) is 11.5. The first-order valence-corrected chi connectivity index (χ1v) is 6.25. The van der Waals surface area contributed by atoms with Crippen molar-refractivity contribution in [3.8, 4) is 0 Å². The molecular weight excluding hydrogens is 206 g/mol. The number of rotatable bonds is 3. The number of sulfone groups is 1. The minimum atomic E-state index is -3.46. The van der Waals surface area contributed by atoms with Crippen LogP contribution in [-0.4, -0.2) is 55.5 Å². The van der Waals surface area contributed by atoms with Gasteiger partial charge in [0.05, 0.1) is 5.25 Å². The molecule has 5 nitrogen and oxygen atoms in total. The van der Waals surface area contributed by atoms with Crippen molar-refractivity contribution in [3.63, 3.8) is 0 Å². The minimum Gasteiger partial charge on any atom is -0.480 e. The third kappa shape index (κ3) is 2.95. The lowest BCUT2D eigenvalue weighted by molar-refractivity contribution is -0.134. The zero-order chi connectivity index (χ0) is 10.8. The van der Waals surface area contributed by atoms with Crippen LogP contribution in [0.2, 0.25) is 0 Å². The van der Waals surface area contributed by atoms with Crippen LogP contribution in [0.3, 0.4) is 0 Å². The maximum atomic E-state index is 11.5. The van der Waals surface area contributed by atoms with Gasteiger partial charge in [0.1, 0.15) is 5.75 Å². The Morgan fingerprint density at radius 1 is 1.57 bits per heavy atom. The summed E-state index contributed by atoms with van der Waals surface area (Å²) in [5.41, 5.74) is 0. The summed E-state index contributed by atoms with van der Waals surface area (Å²) in [5.74, 6) is -2.01. The summed E-state index contributed by atoms with van der Waals surface area (Å²) in [6, 6.07) is 0. The number of hydrogen-bond acceptors (Lipinski definition) is 4. The van der Waals surface area contributed by atoms with E-state index in [1.165, 1.54) is 0 Å². The molecule has 0 aromatic heterocycles. The Balaban J connectivity index is 2.67. The Morgan fingerprint density at radius 3 is 2.71 bits per heavy atom. The number of nitrogens with zero attached hydrogens (tertiary/aromatic N) is 1. The maximum absolute atomic E-state index is 11.5. The van der Waals surface area contributed by atoms with Gasteiger partial charge in [-0.25, -0.2) is 8.42 Å². The van der Waals surface area contributed by atoms with Gasteiger partial charge in [-0.2, -0.15) is 0 Å². The summed E-state index contributed by atoms with van der Waals surface area (Å²) in [7, 11) is -1.61. The molecule has 1 fully saturated rings. The summed E-state index contributed by atoms with van der Waals surface area (Å²) in [6.07, 6.45) is 1.40. The molecule has 1 aliphatic heterocycles. The first-order chi connectivity index (χ1) is 6.42. The second-order valence-electron chi connectivity index (χ2n) is 3.73. The topological polar surface area (TPSA) is 74.7 Å². The predicted octanol–water partition coefficient (Wildman–Crippen LogP) is -0.420. The van der Waals surface area contributed by atoms with E-state index >= 15 is 0 Å². The third-order valence-corrected chi connectivity index (χ3v) is 4.46. The Morgan fingerprint density at radius 2 is 2.21 bits per heavy atom. The molecule has 1 unspecified atom stereocenters. The van der Waals surface area contributed by atoms with Crippen molar-refractivity contribution in [1.29, 1.82) is 0 Å². The summed E-state index contributed by atoms with van der Waals surface area (Å²) < 4.78 is 23.1. The van der Waals surface area contributed by atoms with Crippen molar-refractivity contribution in [1.82, 2.24) is 4.90 Å². The molecule has 14 heavy (non-hydrogen) atoms. The van der Waals surface area contributed by atoms with Gasteiger partial charge in [0.25, 0.3) is 0 Å². The molecule has 1 N–H and O–H groups in total. The van der Waals surface area contributed by atoms with E-state index in [4.69, 9.17) is 5.11 Å². The Hall–Kier alpha value is -0.620. The molecule has 1 saturated heterocycles. The smallest absolute Gasteiger partial charge is 0.318 e. The number of carboxylic acids is 1. The number of piperidine rings is 1. The summed E-state index contributed by atoms with van der Waals surface area (Å²) in [6.45, 7) is 1.34. The average Bonchev–Trinajstić information content (AvgIpc) is 2.01. The van der Waals surface area contributed by atoms with Crippen molar-refractivity contribution in [2.45, 2.75) is 18.1 Å². The Bertz CT molecular complexity index is 311. The van der Waals surface area contributed by atoms with E-state index in [9.17, 15) is 13.2 Å². The quantitative estimate of drug-likeness (QED) is 0.700. The zero-order valence-electron chi connectivity index (χ0n) is 8.14. The predicted molar refractivity (Wildman–Crippen MR) is 51.9 cm³/mol. The molecule has 0 aromatic carbocycles. The van der Waals surface area contributed by atoms with Gasteiger partial charge in [0.15, 0.2) is 9.84 Å². The zero-order valence-corrected chi connectivity index (χ0v) is 8.96. The summed E-state index contributed by atoms with van der Waals surface area (Å²) in [5, 5.41) is 7.95. The summed E-state index contributed by atoms with van der Waals surface area (Å²) in [4.78, 5) is 12.3. The van der Waals surface area contributed by atoms with Crippen molar-refractivity contribution >= 4 is 15.8 Å². The van der Waals surface area contributed by atoms with E-state index < -0.39 is 26.8 Å². The fraction of sp³-hybridized carbons (Fsp3) is 0.875. The number of hydrogen-bond donors (Lipinski definition) is 1. The van der Waals surface area contributed by atoms with E-state index in [1.807, 2.05) is 11.9 Å². The fourth-order valence-corrected chi connectivity index (χ4v) is 3.29. The number of likely N-dealkylation sites (tertiary alicyclic amines) is 1. The normalized spacial score (nSPS) is 24.8. The average molecular weight is 221 g/mol. The highest BCUT2D eigenvalue weighted by molar-refractivity contribution is 7.92. The van der Waals surface area contributed by atoms with Gasteiger partial charge in [0, 0.05) is 6.54 Å². The van der Waals surface area contributed by atoms with Crippen LogP contribution in [0.15, 0.2) is 0 Å². The van der Waals surface area contributed by atoms with E-state index in [1.54, 1.807) is 0 Å². The summed E-state index contributed by atoms with van der Waals surface area (Å²) >= 11 is 0. The lowest BCUT2D eigenvalue weighted by atomic mass is 10.1. The molecule has 0 aromatic rings. The molecule has 1 aliphatic rings. The second kappa shape index (κ2) is 4.27. The molecule has 1 rings (SSSR count). The molecule has 0 saturated carbocycles.